The zero-order valence-electron chi connectivity index (χ0n) is 10.1. The summed E-state index contributed by atoms with van der Waals surface area (Å²) in [5.74, 6) is 4.78. The molecule has 5 N–H and O–H groups in total. The third kappa shape index (κ3) is 3.42. The van der Waals surface area contributed by atoms with Crippen LogP contribution in [0.5, 0.6) is 0 Å². The van der Waals surface area contributed by atoms with E-state index in [1.807, 2.05) is 0 Å². The number of sulfonamides is 1. The van der Waals surface area contributed by atoms with E-state index in [0.717, 1.165) is 0 Å². The van der Waals surface area contributed by atoms with Gasteiger partial charge in [-0.1, -0.05) is 0 Å². The number of rotatable bonds is 5. The molecule has 0 radical (unpaired) electrons. The summed E-state index contributed by atoms with van der Waals surface area (Å²) in [5.41, 5.74) is 2.99. The number of carbonyl (C=O) groups is 1. The number of benzene rings is 1. The summed E-state index contributed by atoms with van der Waals surface area (Å²) >= 11 is 0. The fraction of sp³-hybridized carbons (Fsp3) is 0.300. The zero-order valence-corrected chi connectivity index (χ0v) is 10.9. The monoisotopic (exact) mass is 272 g/mol. The highest BCUT2D eigenvalue weighted by molar-refractivity contribution is 7.89. The first-order valence-corrected chi connectivity index (χ1v) is 6.69. The fourth-order valence-electron chi connectivity index (χ4n) is 1.30. The van der Waals surface area contributed by atoms with Crippen molar-refractivity contribution in [3.05, 3.63) is 24.3 Å². The summed E-state index contributed by atoms with van der Waals surface area (Å²) in [6, 6.07) is 5.01. The molecule has 0 heterocycles. The fourth-order valence-corrected chi connectivity index (χ4v) is 2.50. The average Bonchev–Trinajstić information content (AvgIpc) is 2.37. The molecule has 0 aromatic heterocycles. The van der Waals surface area contributed by atoms with Crippen molar-refractivity contribution in [2.24, 2.45) is 5.84 Å². The first-order valence-electron chi connectivity index (χ1n) is 5.21. The van der Waals surface area contributed by atoms with Crippen molar-refractivity contribution in [2.75, 3.05) is 12.5 Å². The van der Waals surface area contributed by atoms with Gasteiger partial charge < -0.3 is 10.7 Å². The number of anilines is 1. The summed E-state index contributed by atoms with van der Waals surface area (Å²) in [7, 11) is -2.28. The first kappa shape index (κ1) is 14.4. The maximum Gasteiger partial charge on any atom is 0.241 e. The molecule has 0 aliphatic rings. The smallest absolute Gasteiger partial charge is 0.241 e. The Kier molecular flexibility index (Phi) is 4.65. The number of hydrogen-bond donors (Lipinski definition) is 4. The maximum atomic E-state index is 11.9. The highest BCUT2D eigenvalue weighted by Crippen LogP contribution is 2.13. The van der Waals surface area contributed by atoms with Crippen molar-refractivity contribution in [3.8, 4) is 0 Å². The molecule has 0 spiro atoms. The van der Waals surface area contributed by atoms with Crippen LogP contribution in [0, 0.1) is 0 Å². The minimum atomic E-state index is -3.72. The quantitative estimate of drug-likeness (QED) is 0.421. The van der Waals surface area contributed by atoms with Crippen LogP contribution in [-0.4, -0.2) is 27.4 Å². The molecule has 0 aliphatic carbocycles. The van der Waals surface area contributed by atoms with Crippen molar-refractivity contribution in [3.63, 3.8) is 0 Å². The molecular formula is C10H16N4O3S. The number of hydrogen-bond acceptors (Lipinski definition) is 5. The summed E-state index contributed by atoms with van der Waals surface area (Å²) < 4.78 is 26.1. The Morgan fingerprint density at radius 2 is 1.83 bits per heavy atom. The largest absolute Gasteiger partial charge is 0.358 e. The molecule has 0 saturated heterocycles. The Morgan fingerprint density at radius 1 is 1.28 bits per heavy atom. The van der Waals surface area contributed by atoms with Gasteiger partial charge in [0.25, 0.3) is 0 Å². The predicted molar refractivity (Wildman–Crippen MR) is 68.1 cm³/mol. The molecule has 0 fully saturated rings. The van der Waals surface area contributed by atoms with Gasteiger partial charge in [-0.2, -0.15) is 4.72 Å². The van der Waals surface area contributed by atoms with Gasteiger partial charge >= 0.3 is 0 Å². The molecule has 18 heavy (non-hydrogen) atoms. The molecule has 1 unspecified atom stereocenters. The molecular weight excluding hydrogens is 256 g/mol. The third-order valence-electron chi connectivity index (χ3n) is 2.30. The van der Waals surface area contributed by atoms with Crippen LogP contribution in [0.2, 0.25) is 0 Å². The Bertz CT molecular complexity index is 512. The third-order valence-corrected chi connectivity index (χ3v) is 3.86. The van der Waals surface area contributed by atoms with Crippen LogP contribution in [0.4, 0.5) is 5.69 Å². The van der Waals surface area contributed by atoms with E-state index in [1.165, 1.54) is 38.2 Å². The van der Waals surface area contributed by atoms with E-state index in [1.54, 1.807) is 0 Å². The number of nitrogen functional groups attached to an aromatic ring is 1. The second kappa shape index (κ2) is 5.80. The minimum Gasteiger partial charge on any atom is -0.358 e. The van der Waals surface area contributed by atoms with Crippen LogP contribution in [-0.2, 0) is 14.8 Å². The SMILES string of the molecule is CNC(=O)C(C)NS(=O)(=O)c1ccc(NN)cc1. The minimum absolute atomic E-state index is 0.0669. The molecule has 1 amide bonds. The number of likely N-dealkylation sites (N-methyl/N-ethyl adjacent to an activating group) is 1. The highest BCUT2D eigenvalue weighted by atomic mass is 32.2. The molecule has 0 saturated carbocycles. The second-order valence-electron chi connectivity index (χ2n) is 3.63. The van der Waals surface area contributed by atoms with E-state index < -0.39 is 22.0 Å². The van der Waals surface area contributed by atoms with Crippen molar-refractivity contribution in [1.82, 2.24) is 10.0 Å². The number of amides is 1. The Balaban J connectivity index is 2.89. The zero-order chi connectivity index (χ0) is 13.8. The van der Waals surface area contributed by atoms with Crippen LogP contribution in [0.25, 0.3) is 0 Å². The van der Waals surface area contributed by atoms with Crippen molar-refractivity contribution >= 4 is 21.6 Å². The number of nitrogens with one attached hydrogen (secondary N) is 3. The van der Waals surface area contributed by atoms with Crippen molar-refractivity contribution in [2.45, 2.75) is 17.9 Å². The van der Waals surface area contributed by atoms with Gasteiger partial charge in [0.1, 0.15) is 0 Å². The van der Waals surface area contributed by atoms with E-state index in [9.17, 15) is 13.2 Å². The van der Waals surface area contributed by atoms with Crippen LogP contribution in [0.1, 0.15) is 6.92 Å². The molecule has 100 valence electrons. The predicted octanol–water partition coefficient (Wildman–Crippen LogP) is -0.615. The lowest BCUT2D eigenvalue weighted by Crippen LogP contribution is -2.43. The van der Waals surface area contributed by atoms with Gasteiger partial charge in [0.15, 0.2) is 0 Å². The number of hydrazine groups is 1. The topological polar surface area (TPSA) is 113 Å². The summed E-state index contributed by atoms with van der Waals surface area (Å²) in [6.45, 7) is 1.46. The lowest BCUT2D eigenvalue weighted by atomic mass is 10.3. The molecule has 1 aromatic rings. The Hall–Kier alpha value is -1.64. The first-order chi connectivity index (χ1) is 8.40. The molecule has 7 nitrogen and oxygen atoms in total. The van der Waals surface area contributed by atoms with Crippen LogP contribution in [0.15, 0.2) is 29.2 Å². The van der Waals surface area contributed by atoms with E-state index >= 15 is 0 Å². The van der Waals surface area contributed by atoms with Crippen LogP contribution >= 0.6 is 0 Å². The van der Waals surface area contributed by atoms with Crippen molar-refractivity contribution in [1.29, 1.82) is 0 Å². The molecule has 0 bridgehead atoms. The molecule has 1 rings (SSSR count). The van der Waals surface area contributed by atoms with Gasteiger partial charge in [-0.05, 0) is 31.2 Å². The standard InChI is InChI=1S/C10H16N4O3S/c1-7(10(15)12-2)14-18(16,17)9-5-3-8(13-11)4-6-9/h3-7,13-14H,11H2,1-2H3,(H,12,15). The van der Waals surface area contributed by atoms with Gasteiger partial charge in [-0.15, -0.1) is 0 Å². The van der Waals surface area contributed by atoms with Crippen LogP contribution < -0.4 is 21.3 Å². The number of nitrogens with two attached hydrogens (primary N) is 1. The lowest BCUT2D eigenvalue weighted by Gasteiger charge is -2.13. The second-order valence-corrected chi connectivity index (χ2v) is 5.34. The van der Waals surface area contributed by atoms with Crippen molar-refractivity contribution < 1.29 is 13.2 Å². The van der Waals surface area contributed by atoms with Gasteiger partial charge in [-0.3, -0.25) is 10.6 Å². The van der Waals surface area contributed by atoms with E-state index in [-0.39, 0.29) is 4.90 Å². The van der Waals surface area contributed by atoms with E-state index in [0.29, 0.717) is 5.69 Å². The van der Waals surface area contributed by atoms with Gasteiger partial charge in [-0.25, -0.2) is 8.42 Å². The Labute approximate surface area is 106 Å². The summed E-state index contributed by atoms with van der Waals surface area (Å²) in [5, 5.41) is 2.36. The lowest BCUT2D eigenvalue weighted by molar-refractivity contribution is -0.121. The van der Waals surface area contributed by atoms with Gasteiger partial charge in [0, 0.05) is 12.7 Å². The summed E-state index contributed by atoms with van der Waals surface area (Å²) in [4.78, 5) is 11.3. The molecule has 1 aromatic carbocycles. The summed E-state index contributed by atoms with van der Waals surface area (Å²) in [6.07, 6.45) is 0. The van der Waals surface area contributed by atoms with Crippen LogP contribution in [0.3, 0.4) is 0 Å². The van der Waals surface area contributed by atoms with E-state index in [4.69, 9.17) is 5.84 Å². The normalized spacial score (nSPS) is 12.8. The molecule has 0 aliphatic heterocycles. The highest BCUT2D eigenvalue weighted by Gasteiger charge is 2.20. The van der Waals surface area contributed by atoms with Gasteiger partial charge in [0.05, 0.1) is 10.9 Å². The Morgan fingerprint density at radius 3 is 2.28 bits per heavy atom. The maximum absolute atomic E-state index is 11.9. The molecule has 8 heteroatoms. The van der Waals surface area contributed by atoms with E-state index in [2.05, 4.69) is 15.5 Å². The number of carbonyl (C=O) groups excluding carboxylic acids is 1. The van der Waals surface area contributed by atoms with Gasteiger partial charge in [0.2, 0.25) is 15.9 Å². The average molecular weight is 272 g/mol. The molecule has 1 atom stereocenters.